The second kappa shape index (κ2) is 8.32. The molecule has 2 rings (SSSR count). The predicted octanol–water partition coefficient (Wildman–Crippen LogP) is 2.95. The Kier molecular flexibility index (Phi) is 6.16. The first-order chi connectivity index (χ1) is 11.9. The highest BCUT2D eigenvalue weighted by molar-refractivity contribution is 5.98. The number of rotatable bonds is 6. The average molecular weight is 344 g/mol. The molecule has 7 nitrogen and oxygen atoms in total. The zero-order valence-electron chi connectivity index (χ0n) is 15.0. The number of benzene rings is 1. The number of nitrogens with one attached hydrogen (secondary N) is 2. The summed E-state index contributed by atoms with van der Waals surface area (Å²) in [6.07, 6.45) is 0. The lowest BCUT2D eigenvalue weighted by Crippen LogP contribution is -2.35. The summed E-state index contributed by atoms with van der Waals surface area (Å²) in [5.41, 5.74) is 1.14. The first-order valence-corrected chi connectivity index (χ1v) is 8.28. The molecule has 2 amide bonds. The van der Waals surface area contributed by atoms with Gasteiger partial charge in [0.05, 0.1) is 13.2 Å². The molecule has 0 saturated carbocycles. The molecule has 1 aromatic carbocycles. The largest absolute Gasteiger partial charge is 0.461 e. The molecule has 0 spiro atoms. The van der Waals surface area contributed by atoms with Crippen molar-refractivity contribution in [1.29, 1.82) is 0 Å². The van der Waals surface area contributed by atoms with E-state index in [9.17, 15) is 9.59 Å². The maximum absolute atomic E-state index is 12.2. The number of anilines is 1. The summed E-state index contributed by atoms with van der Waals surface area (Å²) < 4.78 is 6.86. The van der Waals surface area contributed by atoms with E-state index in [1.807, 2.05) is 44.2 Å². The number of carbonyl (C=O) groups is 2. The fourth-order valence-electron chi connectivity index (χ4n) is 2.40. The van der Waals surface area contributed by atoms with Gasteiger partial charge in [-0.25, -0.2) is 14.6 Å². The Hall–Kier alpha value is -2.83. The Bertz CT molecular complexity index is 738. The van der Waals surface area contributed by atoms with Crippen molar-refractivity contribution in [2.45, 2.75) is 40.3 Å². The van der Waals surface area contributed by atoms with E-state index in [0.29, 0.717) is 18.2 Å². The molecule has 1 heterocycles. The molecule has 0 unspecified atom stereocenters. The van der Waals surface area contributed by atoms with E-state index >= 15 is 0 Å². The van der Waals surface area contributed by atoms with Gasteiger partial charge in [-0.1, -0.05) is 30.3 Å². The Balaban J connectivity index is 2.39. The standard InChI is InChI=1S/C18H24N4O3/c1-5-25-17(23)15-16(21-18(24)19-12(2)3)22(13(4)20-15)11-14-9-7-6-8-10-14/h6-10,12H,5,11H2,1-4H3,(H2,19,21,24). The Morgan fingerprint density at radius 3 is 2.52 bits per heavy atom. The molecule has 0 fully saturated rings. The molecule has 0 aliphatic carbocycles. The zero-order chi connectivity index (χ0) is 18.4. The Morgan fingerprint density at radius 2 is 1.92 bits per heavy atom. The van der Waals surface area contributed by atoms with Crippen molar-refractivity contribution in [3.8, 4) is 0 Å². The molecule has 7 heteroatoms. The molecule has 134 valence electrons. The fourth-order valence-corrected chi connectivity index (χ4v) is 2.40. The van der Waals surface area contributed by atoms with Gasteiger partial charge in [0, 0.05) is 6.04 Å². The van der Waals surface area contributed by atoms with Gasteiger partial charge in [0.1, 0.15) is 11.6 Å². The van der Waals surface area contributed by atoms with Gasteiger partial charge in [-0.2, -0.15) is 0 Å². The number of esters is 1. The number of aryl methyl sites for hydroxylation is 1. The van der Waals surface area contributed by atoms with Crippen LogP contribution in [-0.2, 0) is 11.3 Å². The van der Waals surface area contributed by atoms with Gasteiger partial charge in [0.2, 0.25) is 0 Å². The molecular formula is C18H24N4O3. The second-order valence-corrected chi connectivity index (χ2v) is 5.90. The smallest absolute Gasteiger partial charge is 0.360 e. The third-order valence-electron chi connectivity index (χ3n) is 3.46. The molecule has 1 aromatic heterocycles. The van der Waals surface area contributed by atoms with Crippen LogP contribution >= 0.6 is 0 Å². The molecular weight excluding hydrogens is 320 g/mol. The highest BCUT2D eigenvalue weighted by atomic mass is 16.5. The quantitative estimate of drug-likeness (QED) is 0.789. The third kappa shape index (κ3) is 4.82. The monoisotopic (exact) mass is 344 g/mol. The van der Waals surface area contributed by atoms with Crippen LogP contribution in [0.15, 0.2) is 30.3 Å². The molecule has 0 aliphatic rings. The SMILES string of the molecule is CCOC(=O)c1nc(C)n(Cc2ccccc2)c1NC(=O)NC(C)C. The van der Waals surface area contributed by atoms with Gasteiger partial charge in [-0.15, -0.1) is 0 Å². The first-order valence-electron chi connectivity index (χ1n) is 8.28. The van der Waals surface area contributed by atoms with E-state index in [2.05, 4.69) is 15.6 Å². The van der Waals surface area contributed by atoms with Crippen LogP contribution in [0.5, 0.6) is 0 Å². The number of imidazole rings is 1. The number of urea groups is 1. The van der Waals surface area contributed by atoms with E-state index in [0.717, 1.165) is 5.56 Å². The summed E-state index contributed by atoms with van der Waals surface area (Å²) in [5.74, 6) is 0.391. The number of amides is 2. The van der Waals surface area contributed by atoms with Crippen molar-refractivity contribution in [2.75, 3.05) is 11.9 Å². The summed E-state index contributed by atoms with van der Waals surface area (Å²) in [4.78, 5) is 28.7. The number of carbonyl (C=O) groups excluding carboxylic acids is 2. The van der Waals surface area contributed by atoms with E-state index < -0.39 is 12.0 Å². The van der Waals surface area contributed by atoms with E-state index in [1.165, 1.54) is 0 Å². The topological polar surface area (TPSA) is 85.2 Å². The van der Waals surface area contributed by atoms with Gasteiger partial charge in [0.15, 0.2) is 5.69 Å². The van der Waals surface area contributed by atoms with Gasteiger partial charge >= 0.3 is 12.0 Å². The summed E-state index contributed by atoms with van der Waals surface area (Å²) in [5, 5.41) is 5.49. The molecule has 0 atom stereocenters. The molecule has 0 aliphatic heterocycles. The van der Waals surface area contributed by atoms with Crippen molar-refractivity contribution in [2.24, 2.45) is 0 Å². The van der Waals surface area contributed by atoms with Crippen molar-refractivity contribution < 1.29 is 14.3 Å². The second-order valence-electron chi connectivity index (χ2n) is 5.90. The summed E-state index contributed by atoms with van der Waals surface area (Å²) >= 11 is 0. The van der Waals surface area contributed by atoms with Crippen molar-refractivity contribution in [3.63, 3.8) is 0 Å². The number of nitrogens with zero attached hydrogens (tertiary/aromatic N) is 2. The van der Waals surface area contributed by atoms with Crippen LogP contribution in [0.2, 0.25) is 0 Å². The number of hydrogen-bond acceptors (Lipinski definition) is 4. The molecule has 25 heavy (non-hydrogen) atoms. The lowest BCUT2D eigenvalue weighted by Gasteiger charge is -2.14. The lowest BCUT2D eigenvalue weighted by atomic mass is 10.2. The Labute approximate surface area is 147 Å². The van der Waals surface area contributed by atoms with Gasteiger partial charge in [-0.05, 0) is 33.3 Å². The van der Waals surface area contributed by atoms with E-state index in [-0.39, 0.29) is 18.3 Å². The summed E-state index contributed by atoms with van der Waals surface area (Å²) in [6.45, 7) is 7.95. The molecule has 0 bridgehead atoms. The van der Waals surface area contributed by atoms with Crippen LogP contribution in [0.4, 0.5) is 10.6 Å². The summed E-state index contributed by atoms with van der Waals surface area (Å²) in [7, 11) is 0. The highest BCUT2D eigenvalue weighted by Crippen LogP contribution is 2.21. The Morgan fingerprint density at radius 1 is 1.24 bits per heavy atom. The van der Waals surface area contributed by atoms with Crippen molar-refractivity contribution in [1.82, 2.24) is 14.9 Å². The van der Waals surface area contributed by atoms with E-state index in [1.54, 1.807) is 18.4 Å². The maximum atomic E-state index is 12.2. The predicted molar refractivity (Wildman–Crippen MR) is 95.8 cm³/mol. The van der Waals surface area contributed by atoms with Crippen molar-refractivity contribution >= 4 is 17.8 Å². The number of hydrogen-bond donors (Lipinski definition) is 2. The molecule has 2 aromatic rings. The minimum atomic E-state index is -0.558. The van der Waals surface area contributed by atoms with Gasteiger partial charge < -0.3 is 14.6 Å². The van der Waals surface area contributed by atoms with Crippen LogP contribution in [0.3, 0.4) is 0 Å². The molecule has 2 N–H and O–H groups in total. The van der Waals surface area contributed by atoms with Gasteiger partial charge in [0.25, 0.3) is 0 Å². The van der Waals surface area contributed by atoms with Crippen LogP contribution in [-0.4, -0.2) is 34.2 Å². The zero-order valence-corrected chi connectivity index (χ0v) is 15.0. The minimum Gasteiger partial charge on any atom is -0.461 e. The molecule has 0 saturated heterocycles. The number of ether oxygens (including phenoxy) is 1. The maximum Gasteiger partial charge on any atom is 0.360 e. The fraction of sp³-hybridized carbons (Fsp3) is 0.389. The first kappa shape index (κ1) is 18.5. The van der Waals surface area contributed by atoms with Crippen LogP contribution < -0.4 is 10.6 Å². The minimum absolute atomic E-state index is 0.0300. The summed E-state index contributed by atoms with van der Waals surface area (Å²) in [6, 6.07) is 9.33. The molecule has 0 radical (unpaired) electrons. The van der Waals surface area contributed by atoms with E-state index in [4.69, 9.17) is 4.74 Å². The highest BCUT2D eigenvalue weighted by Gasteiger charge is 2.23. The van der Waals surface area contributed by atoms with Crippen molar-refractivity contribution in [3.05, 3.63) is 47.4 Å². The normalized spacial score (nSPS) is 10.6. The third-order valence-corrected chi connectivity index (χ3v) is 3.46. The van der Waals surface area contributed by atoms with Gasteiger partial charge in [-0.3, -0.25) is 5.32 Å². The van der Waals surface area contributed by atoms with Crippen LogP contribution in [0.25, 0.3) is 0 Å². The average Bonchev–Trinajstić information content (AvgIpc) is 2.84. The lowest BCUT2D eigenvalue weighted by molar-refractivity contribution is 0.0521. The number of aromatic nitrogens is 2. The van der Waals surface area contributed by atoms with Crippen LogP contribution in [0.1, 0.15) is 42.6 Å². The van der Waals surface area contributed by atoms with Crippen LogP contribution in [0, 0.1) is 6.92 Å².